The third kappa shape index (κ3) is 3.11. The summed E-state index contributed by atoms with van der Waals surface area (Å²) in [4.78, 5) is 12.2. The van der Waals surface area contributed by atoms with Gasteiger partial charge in [-0.2, -0.15) is 0 Å². The molecule has 0 atom stereocenters. The molecule has 0 aromatic heterocycles. The standard InChI is InChI=1S/C19H19F2NO/c20-15-9-6-10-16(21)17(15)18(23)22-13-19(11-4-5-12-19)14-7-2-1-3-8-14/h1-3,6-10H,4-5,11-13H2,(H,22,23). The summed E-state index contributed by atoms with van der Waals surface area (Å²) in [5.41, 5.74) is 0.527. The van der Waals surface area contributed by atoms with Crippen LogP contribution in [0.2, 0.25) is 0 Å². The maximum absolute atomic E-state index is 13.7. The first-order valence-corrected chi connectivity index (χ1v) is 7.90. The molecule has 0 bridgehead atoms. The summed E-state index contributed by atoms with van der Waals surface area (Å²) in [5, 5.41) is 2.74. The van der Waals surface area contributed by atoms with Crippen molar-refractivity contribution in [3.8, 4) is 0 Å². The van der Waals surface area contributed by atoms with Crippen molar-refractivity contribution >= 4 is 5.91 Å². The van der Waals surface area contributed by atoms with Gasteiger partial charge in [-0.15, -0.1) is 0 Å². The molecule has 2 nitrogen and oxygen atoms in total. The molecular formula is C19H19F2NO. The molecule has 0 aliphatic heterocycles. The van der Waals surface area contributed by atoms with Crippen LogP contribution in [0.1, 0.15) is 41.6 Å². The van der Waals surface area contributed by atoms with E-state index in [-0.39, 0.29) is 5.41 Å². The highest BCUT2D eigenvalue weighted by Crippen LogP contribution is 2.40. The molecule has 1 amide bonds. The fourth-order valence-corrected chi connectivity index (χ4v) is 3.46. The Bertz CT molecular complexity index is 674. The van der Waals surface area contributed by atoms with Gasteiger partial charge in [0.05, 0.1) is 0 Å². The van der Waals surface area contributed by atoms with Crippen molar-refractivity contribution in [2.75, 3.05) is 6.54 Å². The molecule has 4 heteroatoms. The van der Waals surface area contributed by atoms with E-state index in [1.807, 2.05) is 18.2 Å². The Morgan fingerprint density at radius 2 is 1.57 bits per heavy atom. The third-order valence-corrected chi connectivity index (χ3v) is 4.72. The Kier molecular flexibility index (Phi) is 4.42. The summed E-state index contributed by atoms with van der Waals surface area (Å²) in [6.07, 6.45) is 4.13. The van der Waals surface area contributed by atoms with Crippen molar-refractivity contribution in [3.63, 3.8) is 0 Å². The molecule has 0 radical (unpaired) electrons. The molecule has 23 heavy (non-hydrogen) atoms. The Balaban J connectivity index is 1.79. The van der Waals surface area contributed by atoms with Gasteiger partial charge in [0.2, 0.25) is 0 Å². The molecule has 1 aliphatic rings. The van der Waals surface area contributed by atoms with Gasteiger partial charge in [0.1, 0.15) is 17.2 Å². The van der Waals surface area contributed by atoms with E-state index in [0.29, 0.717) is 6.54 Å². The second-order valence-electron chi connectivity index (χ2n) is 6.13. The zero-order chi connectivity index (χ0) is 16.3. The molecule has 0 unspecified atom stereocenters. The Labute approximate surface area is 134 Å². The minimum Gasteiger partial charge on any atom is -0.351 e. The Morgan fingerprint density at radius 3 is 2.17 bits per heavy atom. The van der Waals surface area contributed by atoms with Crippen LogP contribution >= 0.6 is 0 Å². The molecule has 1 aliphatic carbocycles. The summed E-state index contributed by atoms with van der Waals surface area (Å²) in [5.74, 6) is -2.35. The van der Waals surface area contributed by atoms with Crippen molar-refractivity contribution in [2.45, 2.75) is 31.1 Å². The average molecular weight is 315 g/mol. The smallest absolute Gasteiger partial charge is 0.257 e. The quantitative estimate of drug-likeness (QED) is 0.900. The number of hydrogen-bond donors (Lipinski definition) is 1. The van der Waals surface area contributed by atoms with E-state index in [4.69, 9.17) is 0 Å². The second-order valence-corrected chi connectivity index (χ2v) is 6.13. The van der Waals surface area contributed by atoms with Gasteiger partial charge in [0.25, 0.3) is 5.91 Å². The molecular weight excluding hydrogens is 296 g/mol. The largest absolute Gasteiger partial charge is 0.351 e. The van der Waals surface area contributed by atoms with Crippen LogP contribution in [0, 0.1) is 11.6 Å². The summed E-state index contributed by atoms with van der Waals surface area (Å²) >= 11 is 0. The maximum atomic E-state index is 13.7. The lowest BCUT2D eigenvalue weighted by molar-refractivity contribution is 0.0934. The molecule has 0 spiro atoms. The van der Waals surface area contributed by atoms with Crippen LogP contribution in [0.5, 0.6) is 0 Å². The van der Waals surface area contributed by atoms with Gasteiger partial charge in [-0.1, -0.05) is 49.2 Å². The van der Waals surface area contributed by atoms with Crippen molar-refractivity contribution in [2.24, 2.45) is 0 Å². The highest BCUT2D eigenvalue weighted by Gasteiger charge is 2.36. The maximum Gasteiger partial charge on any atom is 0.257 e. The second kappa shape index (κ2) is 6.49. The molecule has 120 valence electrons. The number of nitrogens with one attached hydrogen (secondary N) is 1. The number of hydrogen-bond acceptors (Lipinski definition) is 1. The number of rotatable bonds is 4. The fraction of sp³-hybridized carbons (Fsp3) is 0.316. The number of halogens is 2. The first-order valence-electron chi connectivity index (χ1n) is 7.90. The summed E-state index contributed by atoms with van der Waals surface area (Å²) in [6, 6.07) is 13.5. The summed E-state index contributed by atoms with van der Waals surface area (Å²) < 4.78 is 27.4. The van der Waals surface area contributed by atoms with Gasteiger partial charge in [0.15, 0.2) is 0 Å². The van der Waals surface area contributed by atoms with Crippen molar-refractivity contribution < 1.29 is 13.6 Å². The van der Waals surface area contributed by atoms with Gasteiger partial charge in [0, 0.05) is 12.0 Å². The van der Waals surface area contributed by atoms with Crippen molar-refractivity contribution in [1.82, 2.24) is 5.32 Å². The first-order chi connectivity index (χ1) is 11.1. The molecule has 2 aromatic carbocycles. The molecule has 2 aromatic rings. The van der Waals surface area contributed by atoms with Crippen LogP contribution in [0.4, 0.5) is 8.78 Å². The van der Waals surface area contributed by atoms with Crippen LogP contribution in [-0.2, 0) is 5.41 Å². The van der Waals surface area contributed by atoms with Crippen LogP contribution in [0.25, 0.3) is 0 Å². The van der Waals surface area contributed by atoms with Gasteiger partial charge in [-0.3, -0.25) is 4.79 Å². The van der Waals surface area contributed by atoms with Gasteiger partial charge >= 0.3 is 0 Å². The van der Waals surface area contributed by atoms with Gasteiger partial charge in [-0.05, 0) is 30.5 Å². The van der Waals surface area contributed by atoms with Crippen molar-refractivity contribution in [1.29, 1.82) is 0 Å². The van der Waals surface area contributed by atoms with E-state index in [2.05, 4.69) is 17.4 Å². The fourth-order valence-electron chi connectivity index (χ4n) is 3.46. The lowest BCUT2D eigenvalue weighted by atomic mass is 9.79. The predicted octanol–water partition coefficient (Wildman–Crippen LogP) is 4.21. The Morgan fingerprint density at radius 1 is 0.957 bits per heavy atom. The highest BCUT2D eigenvalue weighted by molar-refractivity contribution is 5.94. The number of amides is 1. The van der Waals surface area contributed by atoms with E-state index in [0.717, 1.165) is 37.8 Å². The molecule has 0 saturated heterocycles. The summed E-state index contributed by atoms with van der Waals surface area (Å²) in [6.45, 7) is 0.392. The van der Waals surface area contributed by atoms with Crippen LogP contribution in [-0.4, -0.2) is 12.5 Å². The van der Waals surface area contributed by atoms with Crippen LogP contribution in [0.15, 0.2) is 48.5 Å². The normalized spacial score (nSPS) is 16.3. The lowest BCUT2D eigenvalue weighted by Gasteiger charge is -2.30. The monoisotopic (exact) mass is 315 g/mol. The van der Waals surface area contributed by atoms with Crippen LogP contribution < -0.4 is 5.32 Å². The molecule has 1 saturated carbocycles. The van der Waals surface area contributed by atoms with Gasteiger partial charge < -0.3 is 5.32 Å². The SMILES string of the molecule is O=C(NCC1(c2ccccc2)CCCC1)c1c(F)cccc1F. The minimum atomic E-state index is -0.831. The van der Waals surface area contributed by atoms with E-state index < -0.39 is 23.1 Å². The zero-order valence-corrected chi connectivity index (χ0v) is 12.8. The molecule has 0 heterocycles. The van der Waals surface area contributed by atoms with Crippen molar-refractivity contribution in [3.05, 3.63) is 71.3 Å². The third-order valence-electron chi connectivity index (χ3n) is 4.72. The topological polar surface area (TPSA) is 29.1 Å². The minimum absolute atomic E-state index is 0.140. The Hall–Kier alpha value is -2.23. The number of benzene rings is 2. The zero-order valence-electron chi connectivity index (χ0n) is 12.8. The van der Waals surface area contributed by atoms with E-state index >= 15 is 0 Å². The van der Waals surface area contributed by atoms with Gasteiger partial charge in [-0.25, -0.2) is 8.78 Å². The number of carbonyl (C=O) groups excluding carboxylic acids is 1. The highest BCUT2D eigenvalue weighted by atomic mass is 19.1. The average Bonchev–Trinajstić information content (AvgIpc) is 3.04. The molecule has 1 N–H and O–H groups in total. The first kappa shape index (κ1) is 15.7. The van der Waals surface area contributed by atoms with Crippen LogP contribution in [0.3, 0.4) is 0 Å². The number of carbonyl (C=O) groups is 1. The lowest BCUT2D eigenvalue weighted by Crippen LogP contribution is -2.39. The molecule has 1 fully saturated rings. The van der Waals surface area contributed by atoms with E-state index in [1.165, 1.54) is 11.6 Å². The molecule has 3 rings (SSSR count). The summed E-state index contributed by atoms with van der Waals surface area (Å²) in [7, 11) is 0. The van der Waals surface area contributed by atoms with E-state index in [9.17, 15) is 13.6 Å². The van der Waals surface area contributed by atoms with E-state index in [1.54, 1.807) is 0 Å². The predicted molar refractivity (Wildman–Crippen MR) is 85.3 cm³/mol.